The van der Waals surface area contributed by atoms with Gasteiger partial charge in [0, 0.05) is 18.8 Å². The third-order valence-electron chi connectivity index (χ3n) is 3.32. The number of benzene rings is 1. The van der Waals surface area contributed by atoms with Gasteiger partial charge in [-0.15, -0.1) is 0 Å². The molecular weight excluding hydrogens is 250 g/mol. The van der Waals surface area contributed by atoms with Gasteiger partial charge in [-0.1, -0.05) is 25.1 Å². The first-order valence-electron chi connectivity index (χ1n) is 6.79. The van der Waals surface area contributed by atoms with Crippen LogP contribution in [-0.2, 0) is 0 Å². The highest BCUT2D eigenvalue weighted by molar-refractivity contribution is 5.78. The zero-order valence-corrected chi connectivity index (χ0v) is 12.2. The molecular formula is C15H21N5. The summed E-state index contributed by atoms with van der Waals surface area (Å²) in [5, 5.41) is 3.30. The third-order valence-corrected chi connectivity index (χ3v) is 3.32. The van der Waals surface area contributed by atoms with E-state index in [1.807, 2.05) is 42.3 Å². The standard InChI is InChI=1S/C15H21N5/c1-4-11(2)19-14-13(16)15(18-10-17-14)20(3)12-8-6-5-7-9-12/h5-11H,4,16H2,1-3H3,(H,17,18,19). The van der Waals surface area contributed by atoms with Gasteiger partial charge in [0.05, 0.1) is 0 Å². The molecule has 5 nitrogen and oxygen atoms in total. The van der Waals surface area contributed by atoms with Gasteiger partial charge in [0.1, 0.15) is 12.0 Å². The molecule has 3 N–H and O–H groups in total. The Hall–Kier alpha value is -2.30. The van der Waals surface area contributed by atoms with Crippen molar-refractivity contribution < 1.29 is 0 Å². The van der Waals surface area contributed by atoms with Gasteiger partial charge in [-0.05, 0) is 25.5 Å². The maximum Gasteiger partial charge on any atom is 0.161 e. The van der Waals surface area contributed by atoms with Crippen molar-refractivity contribution in [2.75, 3.05) is 23.0 Å². The number of aromatic nitrogens is 2. The van der Waals surface area contributed by atoms with Crippen LogP contribution in [0.5, 0.6) is 0 Å². The minimum absolute atomic E-state index is 0.321. The third kappa shape index (κ3) is 2.99. The molecule has 1 aromatic carbocycles. The Kier molecular flexibility index (Phi) is 4.40. The maximum atomic E-state index is 6.20. The lowest BCUT2D eigenvalue weighted by atomic mass is 10.2. The van der Waals surface area contributed by atoms with Crippen LogP contribution in [0.3, 0.4) is 0 Å². The Labute approximate surface area is 119 Å². The van der Waals surface area contributed by atoms with Crippen LogP contribution in [0, 0.1) is 0 Å². The number of nitrogens with zero attached hydrogens (tertiary/aromatic N) is 3. The number of rotatable bonds is 5. The van der Waals surface area contributed by atoms with Crippen LogP contribution in [0.15, 0.2) is 36.7 Å². The highest BCUT2D eigenvalue weighted by atomic mass is 15.2. The van der Waals surface area contributed by atoms with Gasteiger partial charge in [-0.3, -0.25) is 0 Å². The van der Waals surface area contributed by atoms with E-state index in [9.17, 15) is 0 Å². The van der Waals surface area contributed by atoms with Gasteiger partial charge in [0.2, 0.25) is 0 Å². The zero-order valence-electron chi connectivity index (χ0n) is 12.2. The number of para-hydroxylation sites is 1. The smallest absolute Gasteiger partial charge is 0.161 e. The summed E-state index contributed by atoms with van der Waals surface area (Å²) in [6, 6.07) is 10.3. The lowest BCUT2D eigenvalue weighted by Gasteiger charge is -2.22. The van der Waals surface area contributed by atoms with Crippen LogP contribution in [-0.4, -0.2) is 23.1 Å². The molecule has 1 unspecified atom stereocenters. The number of anilines is 4. The minimum atomic E-state index is 0.321. The Morgan fingerprint density at radius 2 is 1.95 bits per heavy atom. The Morgan fingerprint density at radius 3 is 2.60 bits per heavy atom. The number of nitrogen functional groups attached to an aromatic ring is 1. The van der Waals surface area contributed by atoms with Gasteiger partial charge in [0.25, 0.3) is 0 Å². The lowest BCUT2D eigenvalue weighted by Crippen LogP contribution is -2.19. The molecule has 5 heteroatoms. The first kappa shape index (κ1) is 14.1. The molecule has 2 aromatic rings. The molecule has 106 valence electrons. The van der Waals surface area contributed by atoms with Gasteiger partial charge in [0.15, 0.2) is 11.6 Å². The maximum absolute atomic E-state index is 6.20. The molecule has 0 fully saturated rings. The fourth-order valence-corrected chi connectivity index (χ4v) is 1.88. The number of hydrogen-bond donors (Lipinski definition) is 2. The summed E-state index contributed by atoms with van der Waals surface area (Å²) in [7, 11) is 1.95. The Balaban J connectivity index is 2.31. The van der Waals surface area contributed by atoms with Crippen molar-refractivity contribution in [2.24, 2.45) is 0 Å². The van der Waals surface area contributed by atoms with Crippen molar-refractivity contribution in [1.29, 1.82) is 0 Å². The first-order valence-corrected chi connectivity index (χ1v) is 6.79. The molecule has 1 atom stereocenters. The molecule has 0 aliphatic heterocycles. The summed E-state index contributed by atoms with van der Waals surface area (Å²) in [5.74, 6) is 1.39. The van der Waals surface area contributed by atoms with E-state index in [-0.39, 0.29) is 0 Å². The summed E-state index contributed by atoms with van der Waals surface area (Å²) in [6.07, 6.45) is 2.54. The summed E-state index contributed by atoms with van der Waals surface area (Å²) in [6.45, 7) is 4.22. The predicted molar refractivity (Wildman–Crippen MR) is 84.3 cm³/mol. The largest absolute Gasteiger partial charge is 0.393 e. The second kappa shape index (κ2) is 6.23. The van der Waals surface area contributed by atoms with E-state index < -0.39 is 0 Å². The summed E-state index contributed by atoms with van der Waals surface area (Å²) in [5.41, 5.74) is 7.80. The highest BCUT2D eigenvalue weighted by Crippen LogP contribution is 2.30. The van der Waals surface area contributed by atoms with Crippen LogP contribution in [0.25, 0.3) is 0 Å². The molecule has 0 bridgehead atoms. The molecule has 0 saturated heterocycles. The minimum Gasteiger partial charge on any atom is -0.393 e. The lowest BCUT2D eigenvalue weighted by molar-refractivity contribution is 0.759. The molecule has 0 spiro atoms. The first-order chi connectivity index (χ1) is 9.63. The zero-order chi connectivity index (χ0) is 14.5. The number of hydrogen-bond acceptors (Lipinski definition) is 5. The molecule has 0 aliphatic rings. The van der Waals surface area contributed by atoms with Crippen molar-refractivity contribution in [3.8, 4) is 0 Å². The SMILES string of the molecule is CCC(C)Nc1ncnc(N(C)c2ccccc2)c1N. The van der Waals surface area contributed by atoms with Gasteiger partial charge >= 0.3 is 0 Å². The van der Waals surface area contributed by atoms with Crippen molar-refractivity contribution in [2.45, 2.75) is 26.3 Å². The molecule has 20 heavy (non-hydrogen) atoms. The van der Waals surface area contributed by atoms with Crippen LogP contribution in [0.4, 0.5) is 23.0 Å². The van der Waals surface area contributed by atoms with Gasteiger partial charge < -0.3 is 16.0 Å². The van der Waals surface area contributed by atoms with E-state index in [0.717, 1.165) is 12.1 Å². The van der Waals surface area contributed by atoms with E-state index in [4.69, 9.17) is 5.73 Å². The summed E-state index contributed by atoms with van der Waals surface area (Å²) in [4.78, 5) is 10.5. The van der Waals surface area contributed by atoms with E-state index >= 15 is 0 Å². The normalized spacial score (nSPS) is 11.9. The fourth-order valence-electron chi connectivity index (χ4n) is 1.88. The van der Waals surface area contributed by atoms with Gasteiger partial charge in [-0.25, -0.2) is 9.97 Å². The summed E-state index contributed by atoms with van der Waals surface area (Å²) < 4.78 is 0. The van der Waals surface area contributed by atoms with Crippen molar-refractivity contribution >= 4 is 23.0 Å². The highest BCUT2D eigenvalue weighted by Gasteiger charge is 2.14. The second-order valence-electron chi connectivity index (χ2n) is 4.81. The molecule has 0 saturated carbocycles. The topological polar surface area (TPSA) is 67.1 Å². The average molecular weight is 271 g/mol. The van der Waals surface area contributed by atoms with Crippen LogP contribution in [0.1, 0.15) is 20.3 Å². The summed E-state index contributed by atoms with van der Waals surface area (Å²) >= 11 is 0. The Morgan fingerprint density at radius 1 is 1.25 bits per heavy atom. The second-order valence-corrected chi connectivity index (χ2v) is 4.81. The van der Waals surface area contributed by atoms with E-state index in [2.05, 4.69) is 29.1 Å². The van der Waals surface area contributed by atoms with Crippen molar-refractivity contribution in [1.82, 2.24) is 9.97 Å². The molecule has 0 radical (unpaired) electrons. The molecule has 1 heterocycles. The predicted octanol–water partition coefficient (Wildman–Crippen LogP) is 3.04. The molecule has 2 rings (SSSR count). The Bertz CT molecular complexity index is 555. The number of nitrogens with one attached hydrogen (secondary N) is 1. The molecule has 0 aliphatic carbocycles. The van der Waals surface area contributed by atoms with E-state index in [0.29, 0.717) is 23.4 Å². The number of nitrogens with two attached hydrogens (primary N) is 1. The van der Waals surface area contributed by atoms with Crippen LogP contribution in [0.2, 0.25) is 0 Å². The molecule has 0 amide bonds. The molecule has 1 aromatic heterocycles. The fraction of sp³-hybridized carbons (Fsp3) is 0.333. The average Bonchev–Trinajstić information content (AvgIpc) is 2.49. The van der Waals surface area contributed by atoms with Gasteiger partial charge in [-0.2, -0.15) is 0 Å². The monoisotopic (exact) mass is 271 g/mol. The van der Waals surface area contributed by atoms with Crippen molar-refractivity contribution in [3.63, 3.8) is 0 Å². The van der Waals surface area contributed by atoms with E-state index in [1.165, 1.54) is 6.33 Å². The van der Waals surface area contributed by atoms with Crippen LogP contribution < -0.4 is 16.0 Å². The van der Waals surface area contributed by atoms with Crippen molar-refractivity contribution in [3.05, 3.63) is 36.7 Å². The van der Waals surface area contributed by atoms with Crippen LogP contribution >= 0.6 is 0 Å². The quantitative estimate of drug-likeness (QED) is 0.875. The van der Waals surface area contributed by atoms with E-state index in [1.54, 1.807) is 0 Å².